The summed E-state index contributed by atoms with van der Waals surface area (Å²) in [4.78, 5) is 41.5. The number of rotatable bonds is 5. The van der Waals surface area contributed by atoms with Crippen LogP contribution in [-0.4, -0.2) is 78.6 Å². The molecule has 0 bridgehead atoms. The number of piperazine rings is 1. The second-order valence-electron chi connectivity index (χ2n) is 6.25. The quantitative estimate of drug-likeness (QED) is 0.788. The molecule has 2 fully saturated rings. The molecular formula is C18H24N4O5. The number of hydrogen-bond donors (Lipinski definition) is 1. The molecule has 1 aromatic carbocycles. The van der Waals surface area contributed by atoms with Crippen molar-refractivity contribution in [2.75, 3.05) is 45.2 Å². The lowest BCUT2D eigenvalue weighted by Gasteiger charge is -2.35. The van der Waals surface area contributed by atoms with E-state index in [1.54, 1.807) is 37.1 Å². The predicted molar refractivity (Wildman–Crippen MR) is 98.0 cm³/mol. The highest BCUT2D eigenvalue weighted by atomic mass is 16.5. The summed E-state index contributed by atoms with van der Waals surface area (Å²) in [5.41, 5.74) is 0.565. The largest absolute Gasteiger partial charge is 0.493 e. The molecule has 9 nitrogen and oxygen atoms in total. The summed E-state index contributed by atoms with van der Waals surface area (Å²) in [6.07, 6.45) is 0. The van der Waals surface area contributed by atoms with E-state index in [1.807, 2.05) is 6.92 Å². The van der Waals surface area contributed by atoms with Gasteiger partial charge in [-0.1, -0.05) is 0 Å². The molecule has 3 rings (SSSR count). The van der Waals surface area contributed by atoms with Crippen LogP contribution in [0.1, 0.15) is 13.8 Å². The number of benzene rings is 1. The van der Waals surface area contributed by atoms with Gasteiger partial charge in [-0.3, -0.25) is 9.69 Å². The van der Waals surface area contributed by atoms with Gasteiger partial charge in [-0.2, -0.15) is 0 Å². The molecule has 0 aromatic heterocycles. The van der Waals surface area contributed by atoms with Gasteiger partial charge in [0.2, 0.25) is 0 Å². The Morgan fingerprint density at radius 3 is 2.67 bits per heavy atom. The van der Waals surface area contributed by atoms with E-state index in [-0.39, 0.29) is 24.5 Å². The Bertz CT molecular complexity index is 753. The first-order valence-electron chi connectivity index (χ1n) is 8.98. The van der Waals surface area contributed by atoms with Gasteiger partial charge in [-0.15, -0.1) is 0 Å². The minimum absolute atomic E-state index is 0.182. The fourth-order valence-electron chi connectivity index (χ4n) is 3.35. The predicted octanol–water partition coefficient (Wildman–Crippen LogP) is 1.59. The van der Waals surface area contributed by atoms with Crippen molar-refractivity contribution in [2.24, 2.45) is 0 Å². The first kappa shape index (κ1) is 18.8. The minimum Gasteiger partial charge on any atom is -0.493 e. The molecule has 1 aromatic rings. The molecule has 1 N–H and O–H groups in total. The van der Waals surface area contributed by atoms with Crippen LogP contribution in [0.15, 0.2) is 18.2 Å². The highest BCUT2D eigenvalue weighted by Gasteiger charge is 2.47. The van der Waals surface area contributed by atoms with Crippen LogP contribution in [0.25, 0.3) is 0 Å². The Morgan fingerprint density at radius 2 is 2.00 bits per heavy atom. The van der Waals surface area contributed by atoms with Gasteiger partial charge in [0, 0.05) is 31.4 Å². The van der Waals surface area contributed by atoms with Gasteiger partial charge >= 0.3 is 12.1 Å². The molecule has 5 amide bonds. The molecule has 2 aliphatic heterocycles. The topological polar surface area (TPSA) is 91.4 Å². The van der Waals surface area contributed by atoms with Crippen molar-refractivity contribution in [2.45, 2.75) is 19.9 Å². The third-order valence-electron chi connectivity index (χ3n) is 4.73. The third kappa shape index (κ3) is 3.49. The average Bonchev–Trinajstić information content (AvgIpc) is 2.92. The molecule has 2 saturated heterocycles. The Hall–Kier alpha value is -2.97. The molecule has 9 heteroatoms. The Kier molecular flexibility index (Phi) is 5.38. The lowest BCUT2D eigenvalue weighted by molar-refractivity contribution is -0.128. The summed E-state index contributed by atoms with van der Waals surface area (Å²) in [5, 5.41) is 2.82. The van der Waals surface area contributed by atoms with Crippen LogP contribution in [0.4, 0.5) is 15.3 Å². The first-order valence-corrected chi connectivity index (χ1v) is 8.98. The van der Waals surface area contributed by atoms with E-state index in [2.05, 4.69) is 5.32 Å². The van der Waals surface area contributed by atoms with Gasteiger partial charge in [0.15, 0.2) is 11.5 Å². The third-order valence-corrected chi connectivity index (χ3v) is 4.73. The fourth-order valence-corrected chi connectivity index (χ4v) is 3.35. The maximum atomic E-state index is 12.6. The van der Waals surface area contributed by atoms with Crippen LogP contribution >= 0.6 is 0 Å². The van der Waals surface area contributed by atoms with Crippen molar-refractivity contribution in [1.29, 1.82) is 0 Å². The summed E-state index contributed by atoms with van der Waals surface area (Å²) >= 11 is 0. The molecule has 1 unspecified atom stereocenters. The van der Waals surface area contributed by atoms with E-state index in [0.29, 0.717) is 43.4 Å². The zero-order valence-electron chi connectivity index (χ0n) is 15.7. The van der Waals surface area contributed by atoms with E-state index in [0.717, 1.165) is 0 Å². The van der Waals surface area contributed by atoms with E-state index >= 15 is 0 Å². The Balaban J connectivity index is 1.68. The first-order chi connectivity index (χ1) is 13.0. The zero-order chi connectivity index (χ0) is 19.6. The number of ether oxygens (including phenoxy) is 2. The van der Waals surface area contributed by atoms with Gasteiger partial charge in [0.05, 0.1) is 20.3 Å². The minimum atomic E-state index is -0.605. The number of imide groups is 1. The molecule has 0 aliphatic carbocycles. The molecule has 146 valence electrons. The van der Waals surface area contributed by atoms with Crippen molar-refractivity contribution < 1.29 is 23.9 Å². The van der Waals surface area contributed by atoms with E-state index < -0.39 is 6.04 Å². The zero-order valence-corrected chi connectivity index (χ0v) is 15.7. The van der Waals surface area contributed by atoms with Crippen molar-refractivity contribution in [3.63, 3.8) is 0 Å². The van der Waals surface area contributed by atoms with Crippen LogP contribution in [0.5, 0.6) is 11.5 Å². The highest BCUT2D eigenvalue weighted by Crippen LogP contribution is 2.30. The summed E-state index contributed by atoms with van der Waals surface area (Å²) in [7, 11) is 1.55. The second-order valence-corrected chi connectivity index (χ2v) is 6.25. The van der Waals surface area contributed by atoms with Gasteiger partial charge < -0.3 is 24.6 Å². The van der Waals surface area contributed by atoms with Crippen LogP contribution in [-0.2, 0) is 4.79 Å². The molecule has 2 heterocycles. The van der Waals surface area contributed by atoms with Gasteiger partial charge in [-0.25, -0.2) is 9.59 Å². The second kappa shape index (κ2) is 7.73. The number of methoxy groups -OCH3 is 1. The molecule has 0 saturated carbocycles. The number of nitrogens with one attached hydrogen (secondary N) is 1. The SMILES string of the molecule is CCOc1cc(NC(=O)N2CCN3C(=O)N(CC)C(=O)C3C2)ccc1OC. The summed E-state index contributed by atoms with van der Waals surface area (Å²) < 4.78 is 10.8. The maximum absolute atomic E-state index is 12.6. The Labute approximate surface area is 157 Å². The van der Waals surface area contributed by atoms with Gasteiger partial charge in [-0.05, 0) is 26.0 Å². The maximum Gasteiger partial charge on any atom is 0.327 e. The summed E-state index contributed by atoms with van der Waals surface area (Å²) in [6, 6.07) is 3.93. The van der Waals surface area contributed by atoms with E-state index in [4.69, 9.17) is 9.47 Å². The van der Waals surface area contributed by atoms with E-state index in [9.17, 15) is 14.4 Å². The number of carbonyl (C=O) groups excluding carboxylic acids is 3. The summed E-state index contributed by atoms with van der Waals surface area (Å²) in [6.45, 7) is 5.33. The molecule has 0 radical (unpaired) electrons. The highest BCUT2D eigenvalue weighted by molar-refractivity contribution is 6.05. The standard InChI is InChI=1S/C18H24N4O5/c1-4-21-16(23)13-11-20(8-9-22(13)18(21)25)17(24)19-12-6-7-14(26-3)15(10-12)27-5-2/h6-7,10,13H,4-5,8-9,11H2,1-3H3,(H,19,24). The van der Waals surface area contributed by atoms with Crippen LogP contribution in [0.3, 0.4) is 0 Å². The number of fused-ring (bicyclic) bond motifs is 1. The lowest BCUT2D eigenvalue weighted by atomic mass is 10.2. The number of nitrogens with zero attached hydrogens (tertiary/aromatic N) is 3. The van der Waals surface area contributed by atoms with Crippen LogP contribution in [0, 0.1) is 0 Å². The number of hydrogen-bond acceptors (Lipinski definition) is 5. The van der Waals surface area contributed by atoms with E-state index in [1.165, 1.54) is 9.80 Å². The summed E-state index contributed by atoms with van der Waals surface area (Å²) in [5.74, 6) is 0.874. The number of likely N-dealkylation sites (N-methyl/N-ethyl adjacent to an activating group) is 1. The average molecular weight is 376 g/mol. The van der Waals surface area contributed by atoms with Crippen molar-refractivity contribution in [3.05, 3.63) is 18.2 Å². The smallest absolute Gasteiger partial charge is 0.327 e. The molecular weight excluding hydrogens is 352 g/mol. The van der Waals surface area contributed by atoms with Crippen molar-refractivity contribution in [3.8, 4) is 11.5 Å². The number of anilines is 1. The van der Waals surface area contributed by atoms with Gasteiger partial charge in [0.1, 0.15) is 6.04 Å². The lowest BCUT2D eigenvalue weighted by Crippen LogP contribution is -2.55. The molecule has 1 atom stereocenters. The molecule has 0 spiro atoms. The monoisotopic (exact) mass is 376 g/mol. The molecule has 27 heavy (non-hydrogen) atoms. The van der Waals surface area contributed by atoms with Crippen molar-refractivity contribution >= 4 is 23.7 Å². The number of urea groups is 2. The van der Waals surface area contributed by atoms with Crippen LogP contribution < -0.4 is 14.8 Å². The van der Waals surface area contributed by atoms with Crippen molar-refractivity contribution in [1.82, 2.24) is 14.7 Å². The van der Waals surface area contributed by atoms with Crippen LogP contribution in [0.2, 0.25) is 0 Å². The Morgan fingerprint density at radius 1 is 1.22 bits per heavy atom. The number of carbonyl (C=O) groups is 3. The molecule has 2 aliphatic rings. The normalized spacial score (nSPS) is 19.2. The van der Waals surface area contributed by atoms with Gasteiger partial charge in [0.25, 0.3) is 5.91 Å². The number of amides is 5. The fraction of sp³-hybridized carbons (Fsp3) is 0.500.